The molecule has 3 rings (SSSR count). The molecule has 0 aliphatic heterocycles. The van der Waals surface area contributed by atoms with E-state index in [2.05, 4.69) is 14.8 Å². The van der Waals surface area contributed by atoms with Gasteiger partial charge in [0.05, 0.1) is 12.4 Å². The monoisotopic (exact) mass is 402 g/mol. The standard InChI is InChI=1S/C20H23FN4O2S/c1-13-11-17(14(2)25(13)9-10-27-4)18(26)12-28-20-23-22-19(24(20)3)15-5-7-16(21)8-6-15/h5-8,11H,9-10,12H2,1-4H3. The van der Waals surface area contributed by atoms with Crippen molar-refractivity contribution in [1.82, 2.24) is 19.3 Å². The molecular weight excluding hydrogens is 379 g/mol. The number of thioether (sulfide) groups is 1. The number of methoxy groups -OCH3 is 1. The third kappa shape index (κ3) is 4.18. The average Bonchev–Trinajstić information content (AvgIpc) is 3.18. The molecule has 0 aliphatic carbocycles. The van der Waals surface area contributed by atoms with Crippen molar-refractivity contribution in [2.45, 2.75) is 25.5 Å². The maximum atomic E-state index is 13.1. The van der Waals surface area contributed by atoms with Crippen LogP contribution in [0.1, 0.15) is 21.7 Å². The summed E-state index contributed by atoms with van der Waals surface area (Å²) in [5.41, 5.74) is 3.49. The Morgan fingerprint density at radius 2 is 1.93 bits per heavy atom. The maximum Gasteiger partial charge on any atom is 0.191 e. The summed E-state index contributed by atoms with van der Waals surface area (Å²) in [6, 6.07) is 8.02. The Balaban J connectivity index is 1.71. The maximum absolute atomic E-state index is 13.1. The summed E-state index contributed by atoms with van der Waals surface area (Å²) in [5, 5.41) is 8.99. The summed E-state index contributed by atoms with van der Waals surface area (Å²) in [6.07, 6.45) is 0. The lowest BCUT2D eigenvalue weighted by Gasteiger charge is -2.08. The Hall–Kier alpha value is -2.45. The van der Waals surface area contributed by atoms with E-state index >= 15 is 0 Å². The quantitative estimate of drug-likeness (QED) is 0.425. The lowest BCUT2D eigenvalue weighted by Crippen LogP contribution is -2.10. The Morgan fingerprint density at radius 1 is 1.21 bits per heavy atom. The van der Waals surface area contributed by atoms with Gasteiger partial charge in [-0.15, -0.1) is 10.2 Å². The van der Waals surface area contributed by atoms with Gasteiger partial charge in [-0.2, -0.15) is 0 Å². The van der Waals surface area contributed by atoms with E-state index in [-0.39, 0.29) is 17.4 Å². The van der Waals surface area contributed by atoms with Gasteiger partial charge in [0, 0.05) is 43.2 Å². The molecule has 0 amide bonds. The molecule has 3 aromatic rings. The molecule has 0 unspecified atom stereocenters. The van der Waals surface area contributed by atoms with Crippen molar-refractivity contribution in [3.05, 3.63) is 53.1 Å². The van der Waals surface area contributed by atoms with Crippen molar-refractivity contribution >= 4 is 17.5 Å². The summed E-state index contributed by atoms with van der Waals surface area (Å²) in [6.45, 7) is 5.27. The molecule has 0 fully saturated rings. The first kappa shape index (κ1) is 20.3. The molecule has 0 saturated heterocycles. The fraction of sp³-hybridized carbons (Fsp3) is 0.350. The van der Waals surface area contributed by atoms with Crippen LogP contribution >= 0.6 is 11.8 Å². The molecule has 148 valence electrons. The Kier molecular flexibility index (Phi) is 6.31. The van der Waals surface area contributed by atoms with Crippen LogP contribution in [0.15, 0.2) is 35.5 Å². The molecule has 0 saturated carbocycles. The van der Waals surface area contributed by atoms with E-state index in [0.717, 1.165) is 29.1 Å². The van der Waals surface area contributed by atoms with Gasteiger partial charge in [-0.05, 0) is 44.2 Å². The number of aryl methyl sites for hydroxylation is 1. The van der Waals surface area contributed by atoms with Crippen molar-refractivity contribution in [2.24, 2.45) is 7.05 Å². The first-order valence-corrected chi connectivity index (χ1v) is 9.88. The first-order valence-electron chi connectivity index (χ1n) is 8.89. The Bertz CT molecular complexity index is 979. The summed E-state index contributed by atoms with van der Waals surface area (Å²) >= 11 is 1.34. The second-order valence-electron chi connectivity index (χ2n) is 6.51. The smallest absolute Gasteiger partial charge is 0.191 e. The number of ketones is 1. The first-order chi connectivity index (χ1) is 13.4. The van der Waals surface area contributed by atoms with E-state index in [4.69, 9.17) is 4.74 Å². The van der Waals surface area contributed by atoms with E-state index < -0.39 is 0 Å². The molecule has 0 spiro atoms. The number of rotatable bonds is 8. The number of hydrogen-bond acceptors (Lipinski definition) is 5. The van der Waals surface area contributed by atoms with Gasteiger partial charge in [0.2, 0.25) is 0 Å². The van der Waals surface area contributed by atoms with Crippen LogP contribution in [-0.4, -0.2) is 44.6 Å². The molecule has 8 heteroatoms. The molecular formula is C20H23FN4O2S. The zero-order valence-corrected chi connectivity index (χ0v) is 17.2. The third-order valence-corrected chi connectivity index (χ3v) is 5.68. The lowest BCUT2D eigenvalue weighted by atomic mass is 10.2. The summed E-state index contributed by atoms with van der Waals surface area (Å²) in [4.78, 5) is 12.7. The highest BCUT2D eigenvalue weighted by molar-refractivity contribution is 7.99. The number of halogens is 1. The molecule has 2 aromatic heterocycles. The van der Waals surface area contributed by atoms with Gasteiger partial charge in [0.1, 0.15) is 5.82 Å². The minimum atomic E-state index is -0.297. The number of nitrogens with zero attached hydrogens (tertiary/aromatic N) is 4. The second-order valence-corrected chi connectivity index (χ2v) is 7.46. The number of carbonyl (C=O) groups excluding carboxylic acids is 1. The lowest BCUT2D eigenvalue weighted by molar-refractivity contribution is 0.102. The highest BCUT2D eigenvalue weighted by Gasteiger charge is 2.18. The van der Waals surface area contributed by atoms with Gasteiger partial charge in [0.15, 0.2) is 16.8 Å². The van der Waals surface area contributed by atoms with Crippen LogP contribution in [0.2, 0.25) is 0 Å². The summed E-state index contributed by atoms with van der Waals surface area (Å²) < 4.78 is 22.2. The zero-order chi connectivity index (χ0) is 20.3. The number of carbonyl (C=O) groups is 1. The average molecular weight is 402 g/mol. The van der Waals surface area contributed by atoms with E-state index in [0.29, 0.717) is 17.6 Å². The van der Waals surface area contributed by atoms with E-state index in [1.165, 1.54) is 23.9 Å². The summed E-state index contributed by atoms with van der Waals surface area (Å²) in [5.74, 6) is 0.652. The van der Waals surface area contributed by atoms with Crippen LogP contribution in [0.25, 0.3) is 11.4 Å². The number of Topliss-reactive ketones (excluding diaryl/α,β-unsaturated/α-hetero) is 1. The highest BCUT2D eigenvalue weighted by Crippen LogP contribution is 2.24. The van der Waals surface area contributed by atoms with Crippen molar-refractivity contribution in [3.8, 4) is 11.4 Å². The predicted molar refractivity (Wildman–Crippen MR) is 107 cm³/mol. The number of benzene rings is 1. The van der Waals surface area contributed by atoms with Crippen molar-refractivity contribution in [2.75, 3.05) is 19.5 Å². The number of hydrogen-bond donors (Lipinski definition) is 0. The van der Waals surface area contributed by atoms with Crippen molar-refractivity contribution < 1.29 is 13.9 Å². The molecule has 0 N–H and O–H groups in total. The van der Waals surface area contributed by atoms with Crippen LogP contribution < -0.4 is 0 Å². The van der Waals surface area contributed by atoms with Crippen molar-refractivity contribution in [1.29, 1.82) is 0 Å². The van der Waals surface area contributed by atoms with Crippen LogP contribution in [0.3, 0.4) is 0 Å². The Labute approximate surface area is 167 Å². The van der Waals surface area contributed by atoms with E-state index in [9.17, 15) is 9.18 Å². The number of aromatic nitrogens is 4. The summed E-state index contributed by atoms with van der Waals surface area (Å²) in [7, 11) is 3.50. The fourth-order valence-corrected chi connectivity index (χ4v) is 3.90. The third-order valence-electron chi connectivity index (χ3n) is 4.66. The molecule has 6 nitrogen and oxygen atoms in total. The van der Waals surface area contributed by atoms with Gasteiger partial charge < -0.3 is 13.9 Å². The Morgan fingerprint density at radius 3 is 2.61 bits per heavy atom. The molecule has 0 atom stereocenters. The molecule has 28 heavy (non-hydrogen) atoms. The van der Waals surface area contributed by atoms with Gasteiger partial charge in [-0.1, -0.05) is 11.8 Å². The number of ether oxygens (including phenoxy) is 1. The van der Waals surface area contributed by atoms with Gasteiger partial charge >= 0.3 is 0 Å². The van der Waals surface area contributed by atoms with E-state index in [1.807, 2.05) is 31.5 Å². The normalized spacial score (nSPS) is 11.2. The minimum Gasteiger partial charge on any atom is -0.383 e. The zero-order valence-electron chi connectivity index (χ0n) is 16.4. The molecule has 2 heterocycles. The van der Waals surface area contributed by atoms with Crippen molar-refractivity contribution in [3.63, 3.8) is 0 Å². The molecule has 0 aliphatic rings. The van der Waals surface area contributed by atoms with Crippen LogP contribution in [0.4, 0.5) is 4.39 Å². The second kappa shape index (κ2) is 8.70. The minimum absolute atomic E-state index is 0.0492. The van der Waals surface area contributed by atoms with E-state index in [1.54, 1.807) is 19.2 Å². The SMILES string of the molecule is COCCn1c(C)cc(C(=O)CSc2nnc(-c3ccc(F)cc3)n2C)c1C. The highest BCUT2D eigenvalue weighted by atomic mass is 32.2. The van der Waals surface area contributed by atoms with Crippen LogP contribution in [0.5, 0.6) is 0 Å². The molecule has 1 aromatic carbocycles. The van der Waals surface area contributed by atoms with Crippen LogP contribution in [-0.2, 0) is 18.3 Å². The molecule has 0 radical (unpaired) electrons. The van der Waals surface area contributed by atoms with Gasteiger partial charge in [-0.25, -0.2) is 4.39 Å². The molecule has 0 bridgehead atoms. The van der Waals surface area contributed by atoms with Gasteiger partial charge in [-0.3, -0.25) is 4.79 Å². The fourth-order valence-electron chi connectivity index (χ4n) is 3.11. The predicted octanol–water partition coefficient (Wildman–Crippen LogP) is 3.66. The largest absolute Gasteiger partial charge is 0.383 e. The topological polar surface area (TPSA) is 61.9 Å². The van der Waals surface area contributed by atoms with Crippen LogP contribution in [0, 0.1) is 19.7 Å². The van der Waals surface area contributed by atoms with Gasteiger partial charge in [0.25, 0.3) is 0 Å².